The van der Waals surface area contributed by atoms with E-state index in [1.807, 2.05) is 48.5 Å². The van der Waals surface area contributed by atoms with Gasteiger partial charge in [-0.3, -0.25) is 4.79 Å². The number of carbonyl (C=O) groups excluding carboxylic acids is 1. The van der Waals surface area contributed by atoms with Crippen LogP contribution < -0.4 is 10.2 Å². The molecule has 0 saturated carbocycles. The third-order valence-electron chi connectivity index (χ3n) is 6.63. The van der Waals surface area contributed by atoms with Crippen molar-refractivity contribution >= 4 is 34.8 Å². The van der Waals surface area contributed by atoms with Gasteiger partial charge >= 0.3 is 0 Å². The summed E-state index contributed by atoms with van der Waals surface area (Å²) in [6.07, 6.45) is 3.78. The zero-order valence-electron chi connectivity index (χ0n) is 18.9. The molecule has 0 bridgehead atoms. The zero-order chi connectivity index (χ0) is 23.2. The van der Waals surface area contributed by atoms with Crippen molar-refractivity contribution in [1.29, 1.82) is 0 Å². The minimum atomic E-state index is -0.0533. The number of hydrogen-bond acceptors (Lipinski definition) is 2. The molecular weight excluding hydrogens is 451 g/mol. The molecule has 3 aromatic carbocycles. The number of nitrogens with one attached hydrogen (secondary N) is 1. The van der Waals surface area contributed by atoms with Gasteiger partial charge in [0, 0.05) is 46.8 Å². The predicted molar refractivity (Wildman–Crippen MR) is 139 cm³/mol. The fraction of sp³-hybridized carbons (Fsp3) is 0.321. The highest BCUT2D eigenvalue weighted by Crippen LogP contribution is 2.33. The maximum atomic E-state index is 13.0. The van der Waals surface area contributed by atoms with Crippen molar-refractivity contribution in [3.05, 3.63) is 99.5 Å². The van der Waals surface area contributed by atoms with Gasteiger partial charge in [-0.1, -0.05) is 54.4 Å². The molecule has 2 unspecified atom stereocenters. The molecule has 1 N–H and O–H groups in total. The van der Waals surface area contributed by atoms with Crippen LogP contribution in [0.5, 0.6) is 0 Å². The van der Waals surface area contributed by atoms with E-state index in [9.17, 15) is 4.79 Å². The summed E-state index contributed by atoms with van der Waals surface area (Å²) >= 11 is 12.2. The van der Waals surface area contributed by atoms with Crippen molar-refractivity contribution in [2.24, 2.45) is 0 Å². The Balaban J connectivity index is 1.47. The van der Waals surface area contributed by atoms with Gasteiger partial charge in [0.1, 0.15) is 0 Å². The van der Waals surface area contributed by atoms with E-state index >= 15 is 0 Å². The average Bonchev–Trinajstić information content (AvgIpc) is 2.86. The molecule has 1 amide bonds. The Labute approximate surface area is 206 Å². The summed E-state index contributed by atoms with van der Waals surface area (Å²) in [5, 5.41) is 4.58. The second kappa shape index (κ2) is 11.1. The lowest BCUT2D eigenvalue weighted by atomic mass is 9.82. The van der Waals surface area contributed by atoms with E-state index in [1.54, 1.807) is 0 Å². The van der Waals surface area contributed by atoms with Gasteiger partial charge < -0.3 is 10.2 Å². The molecule has 1 heterocycles. The van der Waals surface area contributed by atoms with Crippen LogP contribution in [0.1, 0.15) is 59.5 Å². The van der Waals surface area contributed by atoms with E-state index in [1.165, 1.54) is 30.5 Å². The van der Waals surface area contributed by atoms with Crippen LogP contribution in [0.15, 0.2) is 72.8 Å². The molecule has 3 nitrogen and oxygen atoms in total. The van der Waals surface area contributed by atoms with E-state index in [0.717, 1.165) is 23.7 Å². The minimum Gasteiger partial charge on any atom is -0.372 e. The first kappa shape index (κ1) is 23.7. The summed E-state index contributed by atoms with van der Waals surface area (Å²) in [7, 11) is 0. The summed E-state index contributed by atoms with van der Waals surface area (Å²) in [5.41, 5.74) is 4.20. The molecular formula is C28H30Cl2N2O. The van der Waals surface area contributed by atoms with Gasteiger partial charge in [-0.2, -0.15) is 0 Å². The predicted octanol–water partition coefficient (Wildman–Crippen LogP) is 7.30. The number of benzene rings is 3. The Morgan fingerprint density at radius 1 is 0.818 bits per heavy atom. The highest BCUT2D eigenvalue weighted by atomic mass is 35.5. The van der Waals surface area contributed by atoms with Crippen molar-refractivity contribution in [1.82, 2.24) is 5.32 Å². The fourth-order valence-electron chi connectivity index (χ4n) is 4.57. The zero-order valence-corrected chi connectivity index (χ0v) is 20.4. The molecule has 0 radical (unpaired) electrons. The summed E-state index contributed by atoms with van der Waals surface area (Å²) < 4.78 is 0. The first-order valence-electron chi connectivity index (χ1n) is 11.7. The van der Waals surface area contributed by atoms with Crippen LogP contribution in [-0.4, -0.2) is 25.5 Å². The van der Waals surface area contributed by atoms with Crippen molar-refractivity contribution < 1.29 is 4.79 Å². The van der Waals surface area contributed by atoms with Crippen LogP contribution in [0.4, 0.5) is 5.69 Å². The van der Waals surface area contributed by atoms with E-state index in [4.69, 9.17) is 23.2 Å². The van der Waals surface area contributed by atoms with Crippen LogP contribution in [0.2, 0.25) is 10.0 Å². The van der Waals surface area contributed by atoms with Crippen LogP contribution in [0, 0.1) is 0 Å². The first-order valence-corrected chi connectivity index (χ1v) is 12.4. The van der Waals surface area contributed by atoms with Gasteiger partial charge in [-0.25, -0.2) is 0 Å². The van der Waals surface area contributed by atoms with E-state index < -0.39 is 0 Å². The number of nitrogens with zero attached hydrogens (tertiary/aromatic N) is 1. The monoisotopic (exact) mass is 480 g/mol. The molecule has 5 heteroatoms. The van der Waals surface area contributed by atoms with Gasteiger partial charge in [-0.05, 0) is 84.8 Å². The Morgan fingerprint density at radius 3 is 1.94 bits per heavy atom. The van der Waals surface area contributed by atoms with E-state index in [2.05, 4.69) is 41.4 Å². The van der Waals surface area contributed by atoms with Gasteiger partial charge in [0.25, 0.3) is 5.91 Å². The number of anilines is 1. The van der Waals surface area contributed by atoms with Crippen molar-refractivity contribution in [3.8, 4) is 0 Å². The summed E-state index contributed by atoms with van der Waals surface area (Å²) in [5.74, 6) is 0.229. The Kier molecular flexibility index (Phi) is 7.95. The van der Waals surface area contributed by atoms with Crippen LogP contribution in [0.3, 0.4) is 0 Å². The molecule has 0 aliphatic carbocycles. The Bertz CT molecular complexity index is 1040. The molecule has 1 fully saturated rings. The summed E-state index contributed by atoms with van der Waals surface area (Å²) in [6.45, 7) is 4.90. The van der Waals surface area contributed by atoms with Gasteiger partial charge in [0.2, 0.25) is 0 Å². The van der Waals surface area contributed by atoms with Crippen molar-refractivity contribution in [2.45, 2.75) is 38.0 Å². The Hall–Kier alpha value is -2.49. The number of halogens is 2. The molecule has 172 valence electrons. The quantitative estimate of drug-likeness (QED) is 0.384. The molecule has 3 aromatic rings. The lowest BCUT2D eigenvalue weighted by molar-refractivity contribution is 0.0950. The largest absolute Gasteiger partial charge is 0.372 e. The topological polar surface area (TPSA) is 32.3 Å². The highest BCUT2D eigenvalue weighted by molar-refractivity contribution is 6.30. The van der Waals surface area contributed by atoms with E-state index in [0.29, 0.717) is 17.1 Å². The lowest BCUT2D eigenvalue weighted by Crippen LogP contribution is -2.31. The summed E-state index contributed by atoms with van der Waals surface area (Å²) in [4.78, 5) is 15.4. The maximum absolute atomic E-state index is 13.0. The fourth-order valence-corrected chi connectivity index (χ4v) is 4.82. The van der Waals surface area contributed by atoms with E-state index in [-0.39, 0.29) is 17.7 Å². The first-order chi connectivity index (χ1) is 16.0. The van der Waals surface area contributed by atoms with Gasteiger partial charge in [0.05, 0.1) is 0 Å². The maximum Gasteiger partial charge on any atom is 0.251 e. The van der Waals surface area contributed by atoms with Crippen LogP contribution in [0.25, 0.3) is 0 Å². The third kappa shape index (κ3) is 6.10. The molecule has 1 saturated heterocycles. The van der Waals surface area contributed by atoms with Crippen molar-refractivity contribution in [3.63, 3.8) is 0 Å². The Morgan fingerprint density at radius 2 is 1.36 bits per heavy atom. The molecule has 0 spiro atoms. The number of hydrogen-bond donors (Lipinski definition) is 1. The molecule has 33 heavy (non-hydrogen) atoms. The number of carbonyl (C=O) groups is 1. The van der Waals surface area contributed by atoms with Crippen molar-refractivity contribution in [2.75, 3.05) is 24.5 Å². The number of amides is 1. The number of rotatable bonds is 7. The minimum absolute atomic E-state index is 0.0533. The second-order valence-electron chi connectivity index (χ2n) is 8.80. The molecule has 1 aliphatic heterocycles. The number of piperidine rings is 1. The normalized spacial score (nSPS) is 15.7. The van der Waals surface area contributed by atoms with Gasteiger partial charge in [0.15, 0.2) is 0 Å². The summed E-state index contributed by atoms with van der Waals surface area (Å²) in [6, 6.07) is 23.8. The van der Waals surface area contributed by atoms with Crippen LogP contribution in [-0.2, 0) is 0 Å². The third-order valence-corrected chi connectivity index (χ3v) is 7.13. The molecule has 4 rings (SSSR count). The highest BCUT2D eigenvalue weighted by Gasteiger charge is 2.22. The second-order valence-corrected chi connectivity index (χ2v) is 9.68. The smallest absolute Gasteiger partial charge is 0.251 e. The molecule has 1 aliphatic rings. The SMILES string of the molecule is CC(c1ccc(Cl)cc1)C(CNC(=O)c1ccc(N2CCCCC2)cc1)c1ccc(Cl)cc1. The molecule has 0 aromatic heterocycles. The molecule has 2 atom stereocenters. The van der Waals surface area contributed by atoms with Gasteiger partial charge in [-0.15, -0.1) is 0 Å². The lowest BCUT2D eigenvalue weighted by Gasteiger charge is -2.29. The standard InChI is InChI=1S/C28H30Cl2N2O/c1-20(21-5-11-24(29)12-6-21)27(22-7-13-25(30)14-8-22)19-31-28(33)23-9-15-26(16-10-23)32-17-3-2-4-18-32/h5-16,20,27H,2-4,17-19H2,1H3,(H,31,33). The van der Waals surface area contributed by atoms with Crippen LogP contribution >= 0.6 is 23.2 Å². The average molecular weight is 481 g/mol.